The molecule has 1 rings (SSSR count). The van der Waals surface area contributed by atoms with Gasteiger partial charge in [0.15, 0.2) is 0 Å². The summed E-state index contributed by atoms with van der Waals surface area (Å²) < 4.78 is 26.0. The van der Waals surface area contributed by atoms with Gasteiger partial charge >= 0.3 is 7.60 Å². The van der Waals surface area contributed by atoms with Crippen molar-refractivity contribution in [2.45, 2.75) is 18.6 Å². The Kier molecular flexibility index (Phi) is 3.88. The lowest BCUT2D eigenvalue weighted by molar-refractivity contribution is 0.00796. The third-order valence-corrected chi connectivity index (χ3v) is 3.26. The van der Waals surface area contributed by atoms with Crippen molar-refractivity contribution in [2.24, 2.45) is 0 Å². The van der Waals surface area contributed by atoms with Crippen LogP contribution in [0.5, 0.6) is 0 Å². The number of rotatable bonds is 4. The Bertz CT molecular complexity index is 207. The summed E-state index contributed by atoms with van der Waals surface area (Å²) in [6.45, 7) is 2.02. The molecule has 1 N–H and O–H groups in total. The second-order valence-electron chi connectivity index (χ2n) is 3.01. The zero-order valence-corrected chi connectivity index (χ0v) is 8.70. The summed E-state index contributed by atoms with van der Waals surface area (Å²) in [5, 5.41) is 9.32. The van der Waals surface area contributed by atoms with Crippen molar-refractivity contribution >= 4 is 7.60 Å². The van der Waals surface area contributed by atoms with Gasteiger partial charge in [-0.3, -0.25) is 4.57 Å². The first-order valence-corrected chi connectivity index (χ1v) is 6.11. The van der Waals surface area contributed by atoms with E-state index >= 15 is 0 Å². The standard InChI is InChI=1S/C7H15O5P/c1-10-13(2,9)12-5-7-6(8)3-4-11-7/h6-8H,3-5H2,1-2H3. The molecule has 1 saturated heterocycles. The molecule has 1 fully saturated rings. The number of ether oxygens (including phenoxy) is 1. The molecule has 78 valence electrons. The van der Waals surface area contributed by atoms with E-state index in [2.05, 4.69) is 4.52 Å². The number of aliphatic hydroxyl groups excluding tert-OH is 1. The quantitative estimate of drug-likeness (QED) is 0.689. The smallest absolute Gasteiger partial charge is 0.327 e. The predicted octanol–water partition coefficient (Wildman–Crippen LogP) is 0.622. The minimum Gasteiger partial charge on any atom is -0.390 e. The highest BCUT2D eigenvalue weighted by atomic mass is 31.2. The summed E-state index contributed by atoms with van der Waals surface area (Å²) >= 11 is 0. The molecule has 0 aromatic carbocycles. The summed E-state index contributed by atoms with van der Waals surface area (Å²) in [6.07, 6.45) is -0.282. The zero-order valence-electron chi connectivity index (χ0n) is 7.80. The summed E-state index contributed by atoms with van der Waals surface area (Å²) in [7, 11) is -1.62. The second kappa shape index (κ2) is 4.53. The van der Waals surface area contributed by atoms with E-state index in [1.54, 1.807) is 0 Å². The van der Waals surface area contributed by atoms with Crippen LogP contribution in [0.2, 0.25) is 0 Å². The Morgan fingerprint density at radius 2 is 2.38 bits per heavy atom. The Hall–Kier alpha value is 0.0700. The molecule has 0 radical (unpaired) electrons. The number of hydrogen-bond acceptors (Lipinski definition) is 5. The van der Waals surface area contributed by atoms with Crippen LogP contribution in [0.3, 0.4) is 0 Å². The first-order chi connectivity index (χ1) is 6.05. The Morgan fingerprint density at radius 1 is 1.69 bits per heavy atom. The molecule has 1 aliphatic rings. The van der Waals surface area contributed by atoms with Gasteiger partial charge in [0.2, 0.25) is 0 Å². The van der Waals surface area contributed by atoms with Gasteiger partial charge in [-0.2, -0.15) is 0 Å². The van der Waals surface area contributed by atoms with Gasteiger partial charge in [-0.1, -0.05) is 0 Å². The van der Waals surface area contributed by atoms with Crippen molar-refractivity contribution in [1.82, 2.24) is 0 Å². The molecule has 0 amide bonds. The van der Waals surface area contributed by atoms with E-state index in [9.17, 15) is 9.67 Å². The first kappa shape index (κ1) is 11.1. The average Bonchev–Trinajstić information content (AvgIpc) is 2.48. The van der Waals surface area contributed by atoms with Crippen LogP contribution < -0.4 is 0 Å². The van der Waals surface area contributed by atoms with E-state index in [0.717, 1.165) is 0 Å². The maximum atomic E-state index is 11.3. The van der Waals surface area contributed by atoms with Gasteiger partial charge in [0.25, 0.3) is 0 Å². The van der Waals surface area contributed by atoms with Crippen LogP contribution in [0.4, 0.5) is 0 Å². The molecular formula is C7H15O5P. The normalized spacial score (nSPS) is 33.2. The van der Waals surface area contributed by atoms with Gasteiger partial charge in [-0.05, 0) is 6.42 Å². The molecule has 6 heteroatoms. The lowest BCUT2D eigenvalue weighted by atomic mass is 10.2. The van der Waals surface area contributed by atoms with Crippen LogP contribution in [0.15, 0.2) is 0 Å². The molecule has 0 aliphatic carbocycles. The van der Waals surface area contributed by atoms with Gasteiger partial charge in [-0.15, -0.1) is 0 Å². The fraction of sp³-hybridized carbons (Fsp3) is 1.00. The third kappa shape index (κ3) is 3.37. The van der Waals surface area contributed by atoms with Crippen LogP contribution in [0, 0.1) is 0 Å². The fourth-order valence-electron chi connectivity index (χ4n) is 1.06. The van der Waals surface area contributed by atoms with Gasteiger partial charge in [-0.25, -0.2) is 0 Å². The third-order valence-electron chi connectivity index (χ3n) is 1.98. The molecule has 0 aromatic rings. The molecule has 5 nitrogen and oxygen atoms in total. The van der Waals surface area contributed by atoms with Gasteiger partial charge in [0.05, 0.1) is 12.7 Å². The molecular weight excluding hydrogens is 195 g/mol. The summed E-state index contributed by atoms with van der Waals surface area (Å²) in [4.78, 5) is 0. The van der Waals surface area contributed by atoms with Crippen molar-refractivity contribution in [1.29, 1.82) is 0 Å². The highest BCUT2D eigenvalue weighted by Crippen LogP contribution is 2.43. The van der Waals surface area contributed by atoms with Crippen LogP contribution >= 0.6 is 7.60 Å². The maximum absolute atomic E-state index is 11.3. The summed E-state index contributed by atoms with van der Waals surface area (Å²) in [5.74, 6) is 0. The van der Waals surface area contributed by atoms with Crippen molar-refractivity contribution in [3.63, 3.8) is 0 Å². The highest BCUT2D eigenvalue weighted by molar-refractivity contribution is 7.52. The molecule has 13 heavy (non-hydrogen) atoms. The highest BCUT2D eigenvalue weighted by Gasteiger charge is 2.28. The minimum atomic E-state index is -2.94. The molecule has 0 aromatic heterocycles. The van der Waals surface area contributed by atoms with E-state index in [4.69, 9.17) is 9.26 Å². The second-order valence-corrected chi connectivity index (χ2v) is 5.18. The van der Waals surface area contributed by atoms with E-state index in [-0.39, 0.29) is 12.7 Å². The molecule has 0 bridgehead atoms. The predicted molar refractivity (Wildman–Crippen MR) is 46.9 cm³/mol. The van der Waals surface area contributed by atoms with Crippen molar-refractivity contribution in [3.8, 4) is 0 Å². The van der Waals surface area contributed by atoms with Crippen LogP contribution in [-0.4, -0.2) is 44.3 Å². The van der Waals surface area contributed by atoms with Gasteiger partial charge < -0.3 is 18.9 Å². The van der Waals surface area contributed by atoms with E-state index in [0.29, 0.717) is 13.0 Å². The lowest BCUT2D eigenvalue weighted by Gasteiger charge is -2.16. The Morgan fingerprint density at radius 3 is 2.85 bits per heavy atom. The lowest BCUT2D eigenvalue weighted by Crippen LogP contribution is -2.25. The Labute approximate surface area is 77.5 Å². The molecule has 0 saturated carbocycles. The molecule has 0 spiro atoms. The van der Waals surface area contributed by atoms with Crippen molar-refractivity contribution < 1.29 is 23.5 Å². The van der Waals surface area contributed by atoms with Crippen LogP contribution in [0.1, 0.15) is 6.42 Å². The molecule has 3 atom stereocenters. The molecule has 1 aliphatic heterocycles. The minimum absolute atomic E-state index is 0.114. The van der Waals surface area contributed by atoms with Crippen molar-refractivity contribution in [3.05, 3.63) is 0 Å². The average molecular weight is 210 g/mol. The Balaban J connectivity index is 2.30. The maximum Gasteiger partial charge on any atom is 0.327 e. The van der Waals surface area contributed by atoms with Crippen molar-refractivity contribution in [2.75, 3.05) is 27.0 Å². The zero-order chi connectivity index (χ0) is 9.90. The molecule has 1 heterocycles. The summed E-state index contributed by atoms with van der Waals surface area (Å²) in [6, 6.07) is 0. The van der Waals surface area contributed by atoms with Crippen LogP contribution in [-0.2, 0) is 18.3 Å². The van der Waals surface area contributed by atoms with E-state index < -0.39 is 13.7 Å². The van der Waals surface area contributed by atoms with E-state index in [1.165, 1.54) is 13.8 Å². The first-order valence-electron chi connectivity index (χ1n) is 4.12. The SMILES string of the molecule is COP(C)(=O)OCC1OCCC1O. The summed E-state index contributed by atoms with van der Waals surface area (Å²) in [5.41, 5.74) is 0. The monoisotopic (exact) mass is 210 g/mol. The van der Waals surface area contributed by atoms with Crippen LogP contribution in [0.25, 0.3) is 0 Å². The number of aliphatic hydroxyl groups is 1. The molecule has 3 unspecified atom stereocenters. The van der Waals surface area contributed by atoms with Gasteiger partial charge in [0.1, 0.15) is 6.10 Å². The largest absolute Gasteiger partial charge is 0.390 e. The van der Waals surface area contributed by atoms with E-state index in [1.807, 2.05) is 0 Å². The number of hydrogen-bond donors (Lipinski definition) is 1. The van der Waals surface area contributed by atoms with Gasteiger partial charge in [0, 0.05) is 20.4 Å². The fourth-order valence-corrected chi connectivity index (χ4v) is 1.58. The topological polar surface area (TPSA) is 65.0 Å².